The minimum atomic E-state index is -0.907. The van der Waals surface area contributed by atoms with E-state index < -0.39 is 23.4 Å². The highest BCUT2D eigenvalue weighted by molar-refractivity contribution is 6.09. The molecule has 2 aromatic rings. The van der Waals surface area contributed by atoms with Gasteiger partial charge in [-0.25, -0.2) is 14.3 Å². The number of amides is 2. The van der Waals surface area contributed by atoms with Crippen molar-refractivity contribution in [1.29, 1.82) is 5.26 Å². The van der Waals surface area contributed by atoms with Crippen LogP contribution in [0.25, 0.3) is 0 Å². The molecule has 1 saturated heterocycles. The normalized spacial score (nSPS) is 15.3. The zero-order valence-corrected chi connectivity index (χ0v) is 22.4. The van der Waals surface area contributed by atoms with Crippen LogP contribution < -0.4 is 4.90 Å². The second kappa shape index (κ2) is 10.7. The number of anilines is 1. The number of aryl methyl sites for hydroxylation is 1. The van der Waals surface area contributed by atoms with Gasteiger partial charge in [0.25, 0.3) is 0 Å². The lowest BCUT2D eigenvalue weighted by atomic mass is 10.0. The van der Waals surface area contributed by atoms with Gasteiger partial charge in [-0.1, -0.05) is 30.3 Å². The zero-order chi connectivity index (χ0) is 26.7. The van der Waals surface area contributed by atoms with Gasteiger partial charge in [0.05, 0.1) is 11.7 Å². The number of nitriles is 1. The summed E-state index contributed by atoms with van der Waals surface area (Å²) in [5.41, 5.74) is 0.133. The van der Waals surface area contributed by atoms with E-state index in [4.69, 9.17) is 9.47 Å². The third-order valence-electron chi connectivity index (χ3n) is 5.69. The van der Waals surface area contributed by atoms with E-state index >= 15 is 0 Å². The maximum Gasteiger partial charge on any atom is 0.425 e. The highest BCUT2D eigenvalue weighted by Crippen LogP contribution is 2.34. The van der Waals surface area contributed by atoms with Crippen LogP contribution in [0.5, 0.6) is 0 Å². The number of piperidine rings is 1. The molecule has 0 N–H and O–H groups in total. The molecule has 2 heterocycles. The van der Waals surface area contributed by atoms with Gasteiger partial charge in [0.15, 0.2) is 5.82 Å². The van der Waals surface area contributed by atoms with Crippen molar-refractivity contribution in [2.75, 3.05) is 18.0 Å². The van der Waals surface area contributed by atoms with Crippen LogP contribution in [0.3, 0.4) is 0 Å². The van der Waals surface area contributed by atoms with Crippen molar-refractivity contribution in [2.45, 2.75) is 85.1 Å². The van der Waals surface area contributed by atoms with E-state index in [1.54, 1.807) is 53.1 Å². The third kappa shape index (κ3) is 6.85. The molecule has 0 bridgehead atoms. The maximum atomic E-state index is 13.3. The van der Waals surface area contributed by atoms with Crippen LogP contribution in [0.4, 0.5) is 15.4 Å². The van der Waals surface area contributed by atoms with Crippen molar-refractivity contribution in [3.63, 3.8) is 0 Å². The number of likely N-dealkylation sites (tertiary alicyclic amines) is 1. The summed E-state index contributed by atoms with van der Waals surface area (Å²) in [7, 11) is 0. The number of benzene rings is 1. The van der Waals surface area contributed by atoms with E-state index in [-0.39, 0.29) is 17.4 Å². The predicted octanol–water partition coefficient (Wildman–Crippen LogP) is 5.58. The Kier molecular flexibility index (Phi) is 8.09. The Morgan fingerprint density at radius 3 is 2.03 bits per heavy atom. The van der Waals surface area contributed by atoms with E-state index in [0.29, 0.717) is 5.69 Å². The summed E-state index contributed by atoms with van der Waals surface area (Å²) in [6, 6.07) is 12.3. The molecule has 1 aliphatic heterocycles. The summed E-state index contributed by atoms with van der Waals surface area (Å²) in [6.45, 7) is 14.5. The van der Waals surface area contributed by atoms with E-state index in [0.717, 1.165) is 37.4 Å². The standard InChI is InChI=1S/C27H37N5O4/c1-19-22(17-28)23(31(24(33)35-26(2,3)4)25(34)36-27(5,6)7)32(29-19)21-13-15-30(16-14-21)18-20-11-9-8-10-12-20/h8-12,21H,13-16,18H2,1-7H3. The largest absolute Gasteiger partial charge is 0.443 e. The second-order valence-corrected chi connectivity index (χ2v) is 11.1. The molecule has 9 nitrogen and oxygen atoms in total. The monoisotopic (exact) mass is 495 g/mol. The Balaban J connectivity index is 1.94. The SMILES string of the molecule is Cc1nn(C2CCN(Cc3ccccc3)CC2)c(N(C(=O)OC(C)(C)C)C(=O)OC(C)(C)C)c1C#N. The Bertz CT molecular complexity index is 1090. The molecule has 0 radical (unpaired) electrons. The number of carbonyl (C=O) groups excluding carboxylic acids is 2. The number of carbonyl (C=O) groups is 2. The number of nitrogens with zero attached hydrogens (tertiary/aromatic N) is 5. The molecule has 0 spiro atoms. The van der Waals surface area contributed by atoms with Gasteiger partial charge in [-0.15, -0.1) is 0 Å². The molecule has 1 aliphatic rings. The first-order valence-corrected chi connectivity index (χ1v) is 12.3. The molecular formula is C27H37N5O4. The summed E-state index contributed by atoms with van der Waals surface area (Å²) in [6.07, 6.45) is -0.309. The molecule has 0 saturated carbocycles. The Morgan fingerprint density at radius 2 is 1.56 bits per heavy atom. The minimum absolute atomic E-state index is 0.0970. The number of hydrogen-bond acceptors (Lipinski definition) is 7. The third-order valence-corrected chi connectivity index (χ3v) is 5.69. The molecular weight excluding hydrogens is 458 g/mol. The summed E-state index contributed by atoms with van der Waals surface area (Å²) < 4.78 is 12.7. The Hall–Kier alpha value is -3.38. The Labute approximate surface area is 213 Å². The summed E-state index contributed by atoms with van der Waals surface area (Å²) in [5.74, 6) is 0.0972. The maximum absolute atomic E-state index is 13.3. The first-order chi connectivity index (χ1) is 16.8. The van der Waals surface area contributed by atoms with Crippen molar-refractivity contribution in [3.05, 3.63) is 47.2 Å². The average molecular weight is 496 g/mol. The lowest BCUT2D eigenvalue weighted by Gasteiger charge is -2.34. The van der Waals surface area contributed by atoms with Crippen molar-refractivity contribution in [2.24, 2.45) is 0 Å². The number of rotatable bonds is 4. The molecule has 0 atom stereocenters. The summed E-state index contributed by atoms with van der Waals surface area (Å²) >= 11 is 0. The Morgan fingerprint density at radius 1 is 1.03 bits per heavy atom. The topological polar surface area (TPSA) is 101 Å². The number of imide groups is 1. The fourth-order valence-electron chi connectivity index (χ4n) is 4.16. The van der Waals surface area contributed by atoms with Gasteiger partial charge in [-0.2, -0.15) is 15.3 Å². The first kappa shape index (κ1) is 27.2. The van der Waals surface area contributed by atoms with Gasteiger partial charge in [-0.05, 0) is 66.9 Å². The molecule has 3 rings (SSSR count). The molecule has 1 fully saturated rings. The quantitative estimate of drug-likeness (QED) is 0.546. The van der Waals surface area contributed by atoms with E-state index in [9.17, 15) is 14.9 Å². The van der Waals surface area contributed by atoms with Crippen LogP contribution in [-0.2, 0) is 16.0 Å². The molecule has 1 aromatic heterocycles. The summed E-state index contributed by atoms with van der Waals surface area (Å²) in [4.78, 5) is 29.8. The van der Waals surface area contributed by atoms with Gasteiger partial charge in [-0.3, -0.25) is 4.90 Å². The highest BCUT2D eigenvalue weighted by Gasteiger charge is 2.39. The van der Waals surface area contributed by atoms with E-state index in [1.165, 1.54) is 5.56 Å². The van der Waals surface area contributed by atoms with Crippen LogP contribution in [0.15, 0.2) is 30.3 Å². The fraction of sp³-hybridized carbons (Fsp3) is 0.556. The van der Waals surface area contributed by atoms with Gasteiger partial charge in [0.2, 0.25) is 0 Å². The molecule has 2 amide bonds. The number of aromatic nitrogens is 2. The van der Waals surface area contributed by atoms with Gasteiger partial charge in [0.1, 0.15) is 22.8 Å². The van der Waals surface area contributed by atoms with Crippen molar-refractivity contribution < 1.29 is 19.1 Å². The predicted molar refractivity (Wildman–Crippen MR) is 137 cm³/mol. The van der Waals surface area contributed by atoms with E-state index in [1.807, 2.05) is 18.2 Å². The smallest absolute Gasteiger partial charge is 0.425 e. The first-order valence-electron chi connectivity index (χ1n) is 12.3. The van der Waals surface area contributed by atoms with Crippen molar-refractivity contribution >= 4 is 18.0 Å². The summed E-state index contributed by atoms with van der Waals surface area (Å²) in [5, 5.41) is 14.6. The number of hydrogen-bond donors (Lipinski definition) is 0. The van der Waals surface area contributed by atoms with Crippen LogP contribution in [0.1, 0.15) is 77.2 Å². The lowest BCUT2D eigenvalue weighted by molar-refractivity contribution is 0.0425. The van der Waals surface area contributed by atoms with Gasteiger partial charge in [0, 0.05) is 19.6 Å². The average Bonchev–Trinajstić information content (AvgIpc) is 3.08. The molecule has 36 heavy (non-hydrogen) atoms. The molecule has 0 aliphatic carbocycles. The second-order valence-electron chi connectivity index (χ2n) is 11.1. The molecule has 9 heteroatoms. The van der Waals surface area contributed by atoms with Crippen molar-refractivity contribution in [1.82, 2.24) is 14.7 Å². The molecule has 1 aromatic carbocycles. The zero-order valence-electron chi connectivity index (χ0n) is 22.4. The van der Waals surface area contributed by atoms with Crippen LogP contribution in [0.2, 0.25) is 0 Å². The highest BCUT2D eigenvalue weighted by atomic mass is 16.6. The fourth-order valence-corrected chi connectivity index (χ4v) is 4.16. The van der Waals surface area contributed by atoms with Crippen LogP contribution in [-0.4, -0.2) is 51.2 Å². The van der Waals surface area contributed by atoms with Gasteiger partial charge < -0.3 is 9.47 Å². The van der Waals surface area contributed by atoms with E-state index in [2.05, 4.69) is 28.2 Å². The van der Waals surface area contributed by atoms with Gasteiger partial charge >= 0.3 is 12.2 Å². The van der Waals surface area contributed by atoms with Crippen LogP contribution in [0, 0.1) is 18.3 Å². The van der Waals surface area contributed by atoms with Crippen molar-refractivity contribution in [3.8, 4) is 6.07 Å². The van der Waals surface area contributed by atoms with Crippen LogP contribution >= 0.6 is 0 Å². The molecule has 0 unspecified atom stereocenters. The molecule has 194 valence electrons. The lowest BCUT2D eigenvalue weighted by Crippen LogP contribution is -2.45. The number of ether oxygens (including phenoxy) is 2. The minimum Gasteiger partial charge on any atom is -0.443 e.